The van der Waals surface area contributed by atoms with E-state index < -0.39 is 0 Å². The first-order chi connectivity index (χ1) is 3.00. The molecule has 0 saturated heterocycles. The van der Waals surface area contributed by atoms with E-state index in [-0.39, 0.29) is 18.9 Å². The fraction of sp³-hybridized carbons (Fsp3) is 0. The molecule has 0 spiro atoms. The molecule has 7 heavy (non-hydrogen) atoms. The molecular weight excluding hydrogens is 79.0 g/mol. The summed E-state index contributed by atoms with van der Waals surface area (Å²) in [6.45, 7) is 0. The average molecular weight is 84.0 g/mol. The van der Waals surface area contributed by atoms with Crippen molar-refractivity contribution in [2.75, 3.05) is 0 Å². The Morgan fingerprint density at radius 1 is 0.857 bits per heavy atom. The Kier molecular flexibility index (Phi) is 3.89. The first-order valence-corrected chi connectivity index (χ1v) is 1.91. The van der Waals surface area contributed by atoms with E-state index in [1.807, 2.05) is 30.3 Å². The molecule has 0 aliphatic heterocycles. The molecule has 1 aromatic carbocycles. The Bertz CT molecular complexity index is 76.1. The van der Waals surface area contributed by atoms with Gasteiger partial charge in [-0.3, -0.25) is 0 Å². The third kappa shape index (κ3) is 2.50. The molecule has 0 aliphatic carbocycles. The van der Waals surface area contributed by atoms with Crippen molar-refractivity contribution in [3.63, 3.8) is 0 Å². The van der Waals surface area contributed by atoms with Crippen LogP contribution in [0.25, 0.3) is 0 Å². The molecule has 2 radical (unpaired) electrons. The van der Waals surface area contributed by atoms with Crippen LogP contribution in [0.3, 0.4) is 0 Å². The van der Waals surface area contributed by atoms with E-state index >= 15 is 0 Å². The first-order valence-electron chi connectivity index (χ1n) is 1.91. The molecule has 0 bridgehead atoms. The number of benzene rings is 1. The van der Waals surface area contributed by atoms with Gasteiger partial charge >= 0.3 is 0 Å². The van der Waals surface area contributed by atoms with E-state index in [1.165, 1.54) is 0 Å². The molecule has 0 saturated carbocycles. The second kappa shape index (κ2) is 3.99. The van der Waals surface area contributed by atoms with Crippen LogP contribution in [0.5, 0.6) is 0 Å². The summed E-state index contributed by atoms with van der Waals surface area (Å²) in [4.78, 5) is 0. The molecule has 0 fully saturated rings. The summed E-state index contributed by atoms with van der Waals surface area (Å²) in [7, 11) is 0. The maximum absolute atomic E-state index is 2.89. The molecule has 1 aromatic rings. The van der Waals surface area contributed by atoms with Crippen molar-refractivity contribution in [2.24, 2.45) is 0 Å². The average Bonchev–Trinajstić information content (AvgIpc) is 1.72. The molecule has 0 aliphatic rings. The van der Waals surface area contributed by atoms with Crippen LogP contribution in [0, 0.1) is 6.07 Å². The SMILES string of the molecule is [Li-].[c-]1ccccc1. The van der Waals surface area contributed by atoms with Crippen molar-refractivity contribution in [2.45, 2.75) is 0 Å². The van der Waals surface area contributed by atoms with Crippen molar-refractivity contribution < 1.29 is 0 Å². The van der Waals surface area contributed by atoms with Gasteiger partial charge in [0.05, 0.1) is 0 Å². The molecule has 0 nitrogen and oxygen atoms in total. The van der Waals surface area contributed by atoms with Crippen molar-refractivity contribution >= 4 is 18.9 Å². The van der Waals surface area contributed by atoms with Gasteiger partial charge in [-0.1, -0.05) is 0 Å². The zero-order valence-electron chi connectivity index (χ0n) is 4.39. The molecule has 0 atom stereocenters. The molecule has 32 valence electrons. The van der Waals surface area contributed by atoms with Gasteiger partial charge in [0.1, 0.15) is 0 Å². The van der Waals surface area contributed by atoms with Crippen LogP contribution in [0.4, 0.5) is 0 Å². The van der Waals surface area contributed by atoms with E-state index in [0.717, 1.165) is 0 Å². The number of hydrogen-bond acceptors (Lipinski definition) is 0. The van der Waals surface area contributed by atoms with Crippen molar-refractivity contribution in [1.82, 2.24) is 0 Å². The standard InChI is InChI=1S/C6H5.Li/c1-2-4-6-5-3-1;/h1-5H;/q2*-1. The topological polar surface area (TPSA) is 0 Å². The van der Waals surface area contributed by atoms with Gasteiger partial charge in [-0.25, -0.2) is 0 Å². The van der Waals surface area contributed by atoms with Gasteiger partial charge in [0.25, 0.3) is 0 Å². The Morgan fingerprint density at radius 3 is 1.57 bits per heavy atom. The van der Waals surface area contributed by atoms with Gasteiger partial charge in [0, 0.05) is 0 Å². The predicted octanol–water partition coefficient (Wildman–Crippen LogP) is 1.11. The Morgan fingerprint density at radius 2 is 1.43 bits per heavy atom. The van der Waals surface area contributed by atoms with Gasteiger partial charge in [-0.2, -0.15) is 36.4 Å². The van der Waals surface area contributed by atoms with E-state index in [2.05, 4.69) is 6.07 Å². The largest absolute Gasteiger partial charge is 1.00 e. The number of rotatable bonds is 0. The normalized spacial score (nSPS) is 6.86. The van der Waals surface area contributed by atoms with Crippen LogP contribution in [0.1, 0.15) is 0 Å². The van der Waals surface area contributed by atoms with E-state index in [9.17, 15) is 0 Å². The first kappa shape index (κ1) is 6.82. The van der Waals surface area contributed by atoms with Crippen molar-refractivity contribution in [3.05, 3.63) is 36.4 Å². The van der Waals surface area contributed by atoms with Gasteiger partial charge < -0.3 is 18.9 Å². The smallest absolute Gasteiger partial charge is 0.171 e. The summed E-state index contributed by atoms with van der Waals surface area (Å²) in [6, 6.07) is 12.5. The summed E-state index contributed by atoms with van der Waals surface area (Å²) >= 11 is 0. The Balaban J connectivity index is 0.000000360. The molecule has 0 aromatic heterocycles. The van der Waals surface area contributed by atoms with E-state index in [0.29, 0.717) is 0 Å². The fourth-order valence-corrected chi connectivity index (χ4v) is 0.342. The third-order valence-electron chi connectivity index (χ3n) is 0.607. The summed E-state index contributed by atoms with van der Waals surface area (Å²) in [5, 5.41) is 0. The Hall–Kier alpha value is -0.183. The third-order valence-corrected chi connectivity index (χ3v) is 0.607. The van der Waals surface area contributed by atoms with E-state index in [4.69, 9.17) is 0 Å². The van der Waals surface area contributed by atoms with Gasteiger partial charge in [-0.15, -0.1) is 0 Å². The minimum atomic E-state index is 0. The molecule has 1 rings (SSSR count). The zero-order chi connectivity index (χ0) is 4.24. The van der Waals surface area contributed by atoms with Crippen molar-refractivity contribution in [1.29, 1.82) is 0 Å². The minimum Gasteiger partial charge on any atom is -1.00 e. The molecule has 0 N–H and O–H groups in total. The predicted molar refractivity (Wildman–Crippen MR) is 31.0 cm³/mol. The van der Waals surface area contributed by atoms with Crippen LogP contribution in [0.2, 0.25) is 0 Å². The molecular formula is C6H5Li-2. The van der Waals surface area contributed by atoms with Crippen molar-refractivity contribution in [3.8, 4) is 0 Å². The van der Waals surface area contributed by atoms with Crippen LogP contribution >= 0.6 is 0 Å². The molecule has 0 heterocycles. The number of hydrogen-bond donors (Lipinski definition) is 0. The minimum absolute atomic E-state index is 0. The molecule has 0 unspecified atom stereocenters. The maximum atomic E-state index is 2.89. The van der Waals surface area contributed by atoms with Crippen LogP contribution in [0.15, 0.2) is 30.3 Å². The van der Waals surface area contributed by atoms with E-state index in [1.54, 1.807) is 0 Å². The van der Waals surface area contributed by atoms with Crippen LogP contribution < -0.4 is 0 Å². The summed E-state index contributed by atoms with van der Waals surface area (Å²) in [5.41, 5.74) is 0. The summed E-state index contributed by atoms with van der Waals surface area (Å²) in [6.07, 6.45) is 0. The quantitative estimate of drug-likeness (QED) is 0.326. The summed E-state index contributed by atoms with van der Waals surface area (Å²) in [5.74, 6) is 0. The van der Waals surface area contributed by atoms with Crippen LogP contribution in [-0.2, 0) is 0 Å². The zero-order valence-corrected chi connectivity index (χ0v) is 4.39. The Labute approximate surface area is 55.7 Å². The second-order valence-electron chi connectivity index (χ2n) is 1.08. The second-order valence-corrected chi connectivity index (χ2v) is 1.08. The fourth-order valence-electron chi connectivity index (χ4n) is 0.342. The molecule has 0 amide bonds. The van der Waals surface area contributed by atoms with Gasteiger partial charge in [0.2, 0.25) is 0 Å². The maximum Gasteiger partial charge on any atom is -0.171 e. The van der Waals surface area contributed by atoms with Gasteiger partial charge in [-0.05, 0) is 0 Å². The van der Waals surface area contributed by atoms with Gasteiger partial charge in [0.15, 0.2) is 0 Å². The van der Waals surface area contributed by atoms with Crippen LogP contribution in [-0.4, -0.2) is 18.9 Å². The summed E-state index contributed by atoms with van der Waals surface area (Å²) < 4.78 is 0. The monoisotopic (exact) mass is 84.1 g/mol. The molecule has 1 heteroatoms.